The van der Waals surface area contributed by atoms with Gasteiger partial charge in [-0.1, -0.05) is 113 Å². The van der Waals surface area contributed by atoms with Crippen LogP contribution in [0, 0.1) is 10.1 Å². The Hall–Kier alpha value is -5.34. The number of anilines is 1. The summed E-state index contributed by atoms with van der Waals surface area (Å²) in [5.41, 5.74) is 9.17. The van der Waals surface area contributed by atoms with Crippen LogP contribution in [0.4, 0.5) is 11.4 Å². The van der Waals surface area contributed by atoms with E-state index in [-0.39, 0.29) is 21.9 Å². The molecule has 0 fully saturated rings. The number of unbranched alkanes of at least 4 members (excludes halogenated alkanes) is 2. The van der Waals surface area contributed by atoms with E-state index in [1.807, 2.05) is 60.8 Å². The highest BCUT2D eigenvalue weighted by Crippen LogP contribution is 2.54. The van der Waals surface area contributed by atoms with Crippen molar-refractivity contribution in [2.45, 2.75) is 50.4 Å². The fourth-order valence-electron chi connectivity index (χ4n) is 7.20. The number of nitro groups is 1. The van der Waals surface area contributed by atoms with Crippen LogP contribution in [0.25, 0.3) is 11.1 Å². The molecule has 1 aliphatic carbocycles. The van der Waals surface area contributed by atoms with Crippen molar-refractivity contribution in [3.63, 3.8) is 0 Å². The Labute approximate surface area is 314 Å². The van der Waals surface area contributed by atoms with Crippen LogP contribution in [-0.2, 0) is 25.3 Å². The molecule has 0 saturated heterocycles. The molecule has 8 heteroatoms. The number of hydrogen-bond donors (Lipinski definition) is 1. The normalized spacial score (nSPS) is 12.3. The van der Waals surface area contributed by atoms with Crippen LogP contribution >= 0.6 is 15.9 Å². The van der Waals surface area contributed by atoms with Crippen LogP contribution in [-0.4, -0.2) is 25.7 Å². The molecule has 1 N–H and O–H groups in total. The molecule has 7 rings (SSSR count). The van der Waals surface area contributed by atoms with Crippen LogP contribution in [0.5, 0.6) is 0 Å². The van der Waals surface area contributed by atoms with Crippen molar-refractivity contribution in [2.24, 2.45) is 7.05 Å². The van der Waals surface area contributed by atoms with Gasteiger partial charge in [0.1, 0.15) is 5.82 Å². The lowest BCUT2D eigenvalue weighted by atomic mass is 9.73. The average molecular weight is 756 g/mol. The second-order valence-corrected chi connectivity index (χ2v) is 13.9. The van der Waals surface area contributed by atoms with E-state index < -0.39 is 0 Å². The third-order valence-electron chi connectivity index (χ3n) is 9.78. The molecule has 0 aliphatic heterocycles. The second kappa shape index (κ2) is 17.2. The van der Waals surface area contributed by atoms with E-state index in [2.05, 4.69) is 99.7 Å². The summed E-state index contributed by atoms with van der Waals surface area (Å²) in [6.07, 6.45) is 11.3. The fraction of sp³-hybridized carbons (Fsp3) is 0.227. The van der Waals surface area contributed by atoms with E-state index in [4.69, 9.17) is 4.98 Å². The van der Waals surface area contributed by atoms with Crippen LogP contribution in [0.1, 0.15) is 70.5 Å². The summed E-state index contributed by atoms with van der Waals surface area (Å²) in [5.74, 6) is 1.02. The number of nitrogens with zero attached hydrogens (tertiary/aromatic N) is 3. The summed E-state index contributed by atoms with van der Waals surface area (Å²) in [5, 5.41) is 14.4. The standard InChI is InChI=1S/C34H31N3O.C10H12BrNO2/c1-37-24-23-35-33(37)34(30-16-7-5-14-28(30)29-15-6-8-17-31(29)34)22-10-9-11-25-18-20-27(21-19-25)36-32(38)26-12-3-2-4-13-26;11-8-2-1-3-9-4-6-10(7-5-9)12(13)14/h2-8,12-21,23-24H,9-11,22H2,1H3,(H,36,38);4-7H,1-3,8H2. The zero-order valence-corrected chi connectivity index (χ0v) is 31.0. The highest BCUT2D eigenvalue weighted by molar-refractivity contribution is 9.09. The van der Waals surface area contributed by atoms with Crippen molar-refractivity contribution in [1.29, 1.82) is 0 Å². The minimum atomic E-state index is -0.373. The number of aryl methyl sites for hydroxylation is 3. The molecular formula is C44H43BrN4O3. The molecule has 0 spiro atoms. The zero-order valence-electron chi connectivity index (χ0n) is 29.4. The summed E-state index contributed by atoms with van der Waals surface area (Å²) in [7, 11) is 2.10. The molecule has 264 valence electrons. The number of benzene rings is 5. The second-order valence-electron chi connectivity index (χ2n) is 13.2. The summed E-state index contributed by atoms with van der Waals surface area (Å²) < 4.78 is 2.18. The molecule has 0 atom stereocenters. The first-order valence-electron chi connectivity index (χ1n) is 17.8. The number of nitrogens with one attached hydrogen (secondary N) is 1. The monoisotopic (exact) mass is 754 g/mol. The third-order valence-corrected chi connectivity index (χ3v) is 10.3. The average Bonchev–Trinajstić information content (AvgIpc) is 3.74. The van der Waals surface area contributed by atoms with Gasteiger partial charge in [0, 0.05) is 48.2 Å². The van der Waals surface area contributed by atoms with Gasteiger partial charge in [-0.15, -0.1) is 0 Å². The van der Waals surface area contributed by atoms with E-state index >= 15 is 0 Å². The molecule has 52 heavy (non-hydrogen) atoms. The fourth-order valence-corrected chi connectivity index (χ4v) is 7.60. The Kier molecular flexibility index (Phi) is 12.1. The van der Waals surface area contributed by atoms with Crippen LogP contribution in [0.2, 0.25) is 0 Å². The van der Waals surface area contributed by atoms with Crippen LogP contribution in [0.3, 0.4) is 0 Å². The van der Waals surface area contributed by atoms with Gasteiger partial charge in [-0.25, -0.2) is 4.98 Å². The summed E-state index contributed by atoms with van der Waals surface area (Å²) in [4.78, 5) is 27.3. The van der Waals surface area contributed by atoms with Gasteiger partial charge in [0.05, 0.1) is 10.3 Å². The number of nitro benzene ring substituents is 1. The van der Waals surface area contributed by atoms with E-state index in [0.29, 0.717) is 5.56 Å². The maximum Gasteiger partial charge on any atom is 0.269 e. The van der Waals surface area contributed by atoms with Crippen LogP contribution in [0.15, 0.2) is 140 Å². The van der Waals surface area contributed by atoms with Crippen molar-refractivity contribution >= 4 is 33.2 Å². The molecule has 0 saturated carbocycles. The minimum absolute atomic E-state index is 0.0879. The first-order chi connectivity index (χ1) is 25.4. The first kappa shape index (κ1) is 36.5. The van der Waals surface area contributed by atoms with Gasteiger partial charge in [0.25, 0.3) is 11.6 Å². The number of imidazole rings is 1. The number of aromatic nitrogens is 2. The Balaban J connectivity index is 0.000000280. The summed E-state index contributed by atoms with van der Waals surface area (Å²) in [6, 6.07) is 41.9. The maximum absolute atomic E-state index is 12.4. The third kappa shape index (κ3) is 8.24. The lowest BCUT2D eigenvalue weighted by molar-refractivity contribution is -0.384. The van der Waals surface area contributed by atoms with Crippen molar-refractivity contribution in [3.05, 3.63) is 184 Å². The quantitative estimate of drug-likeness (QED) is 0.0550. The molecule has 1 aromatic heterocycles. The van der Waals surface area contributed by atoms with E-state index in [1.165, 1.54) is 27.8 Å². The largest absolute Gasteiger partial charge is 0.337 e. The van der Waals surface area contributed by atoms with Gasteiger partial charge < -0.3 is 9.88 Å². The van der Waals surface area contributed by atoms with Crippen LogP contribution < -0.4 is 5.32 Å². The number of hydrogen-bond acceptors (Lipinski definition) is 4. The Morgan fingerprint density at radius 3 is 1.87 bits per heavy atom. The molecule has 5 aromatic carbocycles. The Morgan fingerprint density at radius 1 is 0.750 bits per heavy atom. The summed E-state index contributed by atoms with van der Waals surface area (Å²) >= 11 is 3.36. The number of alkyl halides is 1. The van der Waals surface area contributed by atoms with Gasteiger partial charge in [0.15, 0.2) is 0 Å². The molecule has 0 unspecified atom stereocenters. The molecule has 1 heterocycles. The van der Waals surface area contributed by atoms with Crippen molar-refractivity contribution < 1.29 is 9.72 Å². The minimum Gasteiger partial charge on any atom is -0.337 e. The number of carbonyl (C=O) groups excluding carboxylic acids is 1. The molecular weight excluding hydrogens is 712 g/mol. The number of amides is 1. The number of rotatable bonds is 13. The van der Waals surface area contributed by atoms with E-state index in [1.54, 1.807) is 12.1 Å². The topological polar surface area (TPSA) is 90.1 Å². The Bertz CT molecular complexity index is 2050. The Morgan fingerprint density at radius 2 is 1.31 bits per heavy atom. The van der Waals surface area contributed by atoms with Gasteiger partial charge in [0.2, 0.25) is 0 Å². The molecule has 0 radical (unpaired) electrons. The first-order valence-corrected chi connectivity index (χ1v) is 18.9. The SMILES string of the molecule is Cn1ccnc1C1(CCCCc2ccc(NC(=O)c3ccccc3)cc2)c2ccccc2-c2ccccc21.O=[N+]([O-])c1ccc(CCCCBr)cc1. The lowest BCUT2D eigenvalue weighted by Gasteiger charge is -2.32. The zero-order chi connectivity index (χ0) is 36.3. The number of carbonyl (C=O) groups is 1. The number of non-ortho nitro benzene ring substituents is 1. The smallest absolute Gasteiger partial charge is 0.269 e. The van der Waals surface area contributed by atoms with E-state index in [0.717, 1.165) is 67.4 Å². The molecule has 7 nitrogen and oxygen atoms in total. The number of halogens is 1. The van der Waals surface area contributed by atoms with Crippen molar-refractivity contribution in [1.82, 2.24) is 9.55 Å². The summed E-state index contributed by atoms with van der Waals surface area (Å²) in [6.45, 7) is 0. The highest BCUT2D eigenvalue weighted by Gasteiger charge is 2.46. The molecule has 6 aromatic rings. The van der Waals surface area contributed by atoms with Gasteiger partial charge >= 0.3 is 0 Å². The van der Waals surface area contributed by atoms with Crippen molar-refractivity contribution in [2.75, 3.05) is 10.6 Å². The molecule has 1 amide bonds. The van der Waals surface area contributed by atoms with Gasteiger partial charge in [-0.05, 0) is 96.2 Å². The van der Waals surface area contributed by atoms with Gasteiger partial charge in [-0.2, -0.15) is 0 Å². The predicted octanol–water partition coefficient (Wildman–Crippen LogP) is 10.7. The highest BCUT2D eigenvalue weighted by atomic mass is 79.9. The van der Waals surface area contributed by atoms with Crippen molar-refractivity contribution in [3.8, 4) is 11.1 Å². The predicted molar refractivity (Wildman–Crippen MR) is 213 cm³/mol. The number of fused-ring (bicyclic) bond motifs is 3. The van der Waals surface area contributed by atoms with E-state index in [9.17, 15) is 14.9 Å². The molecule has 1 aliphatic rings. The van der Waals surface area contributed by atoms with Gasteiger partial charge in [-0.3, -0.25) is 14.9 Å². The maximum atomic E-state index is 12.4. The lowest BCUT2D eigenvalue weighted by Crippen LogP contribution is -2.30. The molecule has 0 bridgehead atoms.